The lowest BCUT2D eigenvalue weighted by molar-refractivity contribution is -0.743. The maximum absolute atomic E-state index is 12.0. The third kappa shape index (κ3) is 3.46. The van der Waals surface area contributed by atoms with Crippen LogP contribution in [0.25, 0.3) is 0 Å². The summed E-state index contributed by atoms with van der Waals surface area (Å²) in [5.74, 6) is -0.429. The van der Waals surface area contributed by atoms with Crippen molar-refractivity contribution in [2.75, 3.05) is 0 Å². The molecule has 3 aromatic rings. The van der Waals surface area contributed by atoms with Gasteiger partial charge in [0.05, 0.1) is 22.6 Å². The predicted octanol–water partition coefficient (Wildman–Crippen LogP) is 4.17. The molecule has 0 fully saturated rings. The van der Waals surface area contributed by atoms with Crippen LogP contribution in [0.2, 0.25) is 0 Å². The molecular formula is C23H19BrN3OS+. The quantitative estimate of drug-likeness (QED) is 0.402. The largest absolute Gasteiger partial charge is 0.362 e. The molecule has 2 N–H and O–H groups in total. The van der Waals surface area contributed by atoms with Gasteiger partial charge in [0.25, 0.3) is 0 Å². The van der Waals surface area contributed by atoms with Crippen LogP contribution in [0.4, 0.5) is 0 Å². The molecule has 2 aromatic carbocycles. The van der Waals surface area contributed by atoms with E-state index in [0.29, 0.717) is 16.2 Å². The van der Waals surface area contributed by atoms with Crippen molar-refractivity contribution in [3.05, 3.63) is 111 Å². The van der Waals surface area contributed by atoms with Crippen LogP contribution in [0.15, 0.2) is 100 Å². The molecule has 6 heteroatoms. The third-order valence-corrected chi connectivity index (χ3v) is 6.33. The summed E-state index contributed by atoms with van der Waals surface area (Å²) >= 11 is 8.19. The minimum absolute atomic E-state index is 0.368. The lowest BCUT2D eigenvalue weighted by Gasteiger charge is -2.42. The van der Waals surface area contributed by atoms with Crippen molar-refractivity contribution in [3.63, 3.8) is 0 Å². The van der Waals surface area contributed by atoms with Crippen LogP contribution in [0.5, 0.6) is 0 Å². The smallest absolute Gasteiger partial charge is 0.227 e. The molecule has 0 spiro atoms. The normalized spacial score (nSPS) is 23.9. The first-order valence-electron chi connectivity index (χ1n) is 9.16. The minimum atomic E-state index is -1.48. The van der Waals surface area contributed by atoms with E-state index in [0.717, 1.165) is 10.0 Å². The molecule has 0 amide bonds. The highest BCUT2D eigenvalue weighted by Crippen LogP contribution is 2.48. The predicted molar refractivity (Wildman–Crippen MR) is 118 cm³/mol. The zero-order valence-electron chi connectivity index (χ0n) is 15.4. The first-order chi connectivity index (χ1) is 14.1. The average Bonchev–Trinajstić information content (AvgIpc) is 2.75. The van der Waals surface area contributed by atoms with E-state index < -0.39 is 17.7 Å². The standard InChI is InChI=1S/C23H18BrN3OS/c24-19-12-6-5-11-17(19)20-18(15-25)22(29)26-23(28,16-9-3-1-4-10-16)21(20)27-13-7-2-8-14-27/h1-14,20-21,26,28H/p+1/t20-,21+,23-/m1/s1. The Morgan fingerprint density at radius 3 is 2.28 bits per heavy atom. The molecule has 4 nitrogen and oxygen atoms in total. The van der Waals surface area contributed by atoms with Crippen molar-refractivity contribution in [2.24, 2.45) is 0 Å². The number of nitrogens with zero attached hydrogens (tertiary/aromatic N) is 2. The summed E-state index contributed by atoms with van der Waals surface area (Å²) in [4.78, 5) is 0. The fourth-order valence-corrected chi connectivity index (χ4v) is 4.85. The van der Waals surface area contributed by atoms with Crippen LogP contribution in [0.1, 0.15) is 23.1 Å². The van der Waals surface area contributed by atoms with Gasteiger partial charge in [-0.3, -0.25) is 0 Å². The van der Waals surface area contributed by atoms with Crippen LogP contribution >= 0.6 is 28.6 Å². The molecule has 29 heavy (non-hydrogen) atoms. The fraction of sp³-hybridized carbons (Fsp3) is 0.130. The van der Waals surface area contributed by atoms with E-state index in [9.17, 15) is 10.4 Å². The highest BCUT2D eigenvalue weighted by Gasteiger charge is 2.55. The number of aromatic nitrogens is 1. The molecule has 144 valence electrons. The van der Waals surface area contributed by atoms with Gasteiger partial charge in [-0.15, -0.1) is 12.6 Å². The van der Waals surface area contributed by atoms with Crippen molar-refractivity contribution < 1.29 is 9.67 Å². The van der Waals surface area contributed by atoms with Gasteiger partial charge >= 0.3 is 0 Å². The summed E-state index contributed by atoms with van der Waals surface area (Å²) in [5.41, 5.74) is 0.599. The van der Waals surface area contributed by atoms with Gasteiger partial charge in [-0.25, -0.2) is 0 Å². The number of halogens is 1. The molecule has 2 heterocycles. The summed E-state index contributed by atoms with van der Waals surface area (Å²) in [6.45, 7) is 0. The van der Waals surface area contributed by atoms with E-state index in [1.165, 1.54) is 0 Å². The molecule has 3 atom stereocenters. The number of nitrogens with one attached hydrogen (secondary N) is 1. The maximum atomic E-state index is 12.0. The lowest BCUT2D eigenvalue weighted by Crippen LogP contribution is -2.62. The first-order valence-corrected chi connectivity index (χ1v) is 10.4. The summed E-state index contributed by atoms with van der Waals surface area (Å²) in [5, 5.41) is 25.5. The Morgan fingerprint density at radius 1 is 1.00 bits per heavy atom. The summed E-state index contributed by atoms with van der Waals surface area (Å²) in [7, 11) is 0. The molecule has 0 radical (unpaired) electrons. The first kappa shape index (κ1) is 19.7. The Labute approximate surface area is 183 Å². The molecule has 0 saturated heterocycles. The Kier molecular flexibility index (Phi) is 5.46. The molecule has 4 rings (SSSR count). The molecule has 0 saturated carbocycles. The third-order valence-electron chi connectivity index (χ3n) is 5.25. The number of hydrogen-bond acceptors (Lipinski definition) is 4. The van der Waals surface area contributed by atoms with Crippen LogP contribution in [-0.2, 0) is 5.72 Å². The van der Waals surface area contributed by atoms with Crippen LogP contribution in [0, 0.1) is 11.3 Å². The highest BCUT2D eigenvalue weighted by atomic mass is 79.9. The van der Waals surface area contributed by atoms with Crippen LogP contribution < -0.4 is 9.88 Å². The van der Waals surface area contributed by atoms with Crippen molar-refractivity contribution in [1.29, 1.82) is 5.26 Å². The number of benzene rings is 2. The number of hydrogen-bond donors (Lipinski definition) is 3. The summed E-state index contributed by atoms with van der Waals surface area (Å²) < 4.78 is 2.82. The van der Waals surface area contributed by atoms with E-state index in [1.807, 2.05) is 89.8 Å². The Hall–Kier alpha value is -2.59. The van der Waals surface area contributed by atoms with E-state index in [1.54, 1.807) is 0 Å². The number of rotatable bonds is 3. The number of nitriles is 1. The van der Waals surface area contributed by atoms with E-state index in [2.05, 4.69) is 39.9 Å². The maximum Gasteiger partial charge on any atom is 0.227 e. The zero-order valence-corrected chi connectivity index (χ0v) is 17.9. The lowest BCUT2D eigenvalue weighted by atomic mass is 9.75. The van der Waals surface area contributed by atoms with Gasteiger partial charge in [0, 0.05) is 22.2 Å². The number of allylic oxidation sites excluding steroid dienone is 1. The molecule has 0 bridgehead atoms. The van der Waals surface area contributed by atoms with Crippen molar-refractivity contribution in [3.8, 4) is 6.07 Å². The molecule has 0 unspecified atom stereocenters. The summed E-state index contributed by atoms with van der Waals surface area (Å²) in [6, 6.07) is 24.7. The monoisotopic (exact) mass is 464 g/mol. The van der Waals surface area contributed by atoms with Gasteiger partial charge in [-0.05, 0) is 11.6 Å². The van der Waals surface area contributed by atoms with Gasteiger partial charge in [0.1, 0.15) is 0 Å². The second kappa shape index (κ2) is 8.03. The van der Waals surface area contributed by atoms with Crippen LogP contribution in [0.3, 0.4) is 0 Å². The molecule has 0 aliphatic carbocycles. The zero-order chi connectivity index (χ0) is 20.4. The SMILES string of the molecule is N#CC1=C(S)N[C@@](O)(c2ccccc2)[C@@H]([n+]2ccccc2)[C@@H]1c1ccccc1Br. The summed E-state index contributed by atoms with van der Waals surface area (Å²) in [6.07, 6.45) is 3.81. The van der Waals surface area contributed by atoms with Gasteiger partial charge in [0.15, 0.2) is 12.4 Å². The van der Waals surface area contributed by atoms with E-state index >= 15 is 0 Å². The average molecular weight is 465 g/mol. The number of thiol groups is 1. The molecule has 1 aliphatic rings. The second-order valence-corrected chi connectivity index (χ2v) is 8.20. The molecular weight excluding hydrogens is 446 g/mol. The van der Waals surface area contributed by atoms with Gasteiger partial charge in [0.2, 0.25) is 11.8 Å². The molecule has 1 aliphatic heterocycles. The van der Waals surface area contributed by atoms with Gasteiger partial charge in [-0.2, -0.15) is 9.83 Å². The van der Waals surface area contributed by atoms with Gasteiger partial charge in [-0.1, -0.05) is 70.5 Å². The molecule has 1 aromatic heterocycles. The Balaban J connectivity index is 2.03. The van der Waals surface area contributed by atoms with Gasteiger partial charge < -0.3 is 10.4 Å². The number of pyridine rings is 1. The Bertz CT molecular complexity index is 1100. The van der Waals surface area contributed by atoms with Crippen molar-refractivity contribution in [2.45, 2.75) is 17.7 Å². The highest BCUT2D eigenvalue weighted by molar-refractivity contribution is 9.10. The minimum Gasteiger partial charge on any atom is -0.362 e. The number of aliphatic hydroxyl groups is 1. The van der Waals surface area contributed by atoms with Crippen molar-refractivity contribution in [1.82, 2.24) is 5.32 Å². The van der Waals surface area contributed by atoms with E-state index in [-0.39, 0.29) is 0 Å². The Morgan fingerprint density at radius 2 is 1.62 bits per heavy atom. The van der Waals surface area contributed by atoms with Crippen LogP contribution in [-0.4, -0.2) is 5.11 Å². The fourth-order valence-electron chi connectivity index (χ4n) is 3.96. The van der Waals surface area contributed by atoms with Crippen molar-refractivity contribution >= 4 is 28.6 Å². The topological polar surface area (TPSA) is 59.9 Å². The second-order valence-electron chi connectivity index (χ2n) is 6.90. The van der Waals surface area contributed by atoms with E-state index in [4.69, 9.17) is 0 Å².